The van der Waals surface area contributed by atoms with Crippen LogP contribution in [0, 0.1) is 0 Å². The largest absolute Gasteiger partial charge is 0.490 e. The van der Waals surface area contributed by atoms with E-state index >= 15 is 0 Å². The number of hydrogen-bond acceptors (Lipinski definition) is 4. The molecule has 4 nitrogen and oxygen atoms in total. The van der Waals surface area contributed by atoms with Gasteiger partial charge >= 0.3 is 0 Å². The van der Waals surface area contributed by atoms with Crippen LogP contribution in [-0.2, 0) is 15.9 Å². The number of benzene rings is 1. The van der Waals surface area contributed by atoms with Crippen molar-refractivity contribution in [2.24, 2.45) is 0 Å². The Balaban J connectivity index is 1.58. The van der Waals surface area contributed by atoms with Crippen LogP contribution < -0.4 is 4.74 Å². The van der Waals surface area contributed by atoms with Gasteiger partial charge in [0, 0.05) is 25.9 Å². The molecular weight excluding hydrogens is 268 g/mol. The third-order valence-electron chi connectivity index (χ3n) is 4.27. The summed E-state index contributed by atoms with van der Waals surface area (Å²) in [6.07, 6.45) is 3.37. The minimum atomic E-state index is -0.311. The maximum absolute atomic E-state index is 9.40. The Kier molecular flexibility index (Phi) is 4.48. The highest BCUT2D eigenvalue weighted by atomic mass is 16.6. The van der Waals surface area contributed by atoms with Crippen LogP contribution in [0.3, 0.4) is 0 Å². The van der Waals surface area contributed by atoms with Crippen molar-refractivity contribution >= 4 is 0 Å². The second-order valence-corrected chi connectivity index (χ2v) is 6.26. The highest BCUT2D eigenvalue weighted by Crippen LogP contribution is 2.34. The molecule has 2 heterocycles. The molecule has 0 aromatic heterocycles. The fourth-order valence-electron chi connectivity index (χ4n) is 3.18. The molecule has 116 valence electrons. The lowest BCUT2D eigenvalue weighted by molar-refractivity contribution is -0.112. The molecule has 2 aliphatic rings. The molecule has 2 saturated heterocycles. The lowest BCUT2D eigenvalue weighted by atomic mass is 9.91. The first-order chi connectivity index (χ1) is 10.2. The van der Waals surface area contributed by atoms with Gasteiger partial charge in [-0.2, -0.15) is 0 Å². The Labute approximate surface area is 126 Å². The molecule has 0 radical (unpaired) electrons. The van der Waals surface area contributed by atoms with Gasteiger partial charge in [0.25, 0.3) is 0 Å². The van der Waals surface area contributed by atoms with E-state index in [0.717, 1.165) is 43.8 Å². The van der Waals surface area contributed by atoms with Crippen LogP contribution in [0.2, 0.25) is 0 Å². The number of ether oxygens (including phenoxy) is 3. The van der Waals surface area contributed by atoms with Crippen molar-refractivity contribution in [2.75, 3.05) is 19.8 Å². The Morgan fingerprint density at radius 2 is 2.14 bits per heavy atom. The fraction of sp³-hybridized carbons (Fsp3) is 0.647. The molecular formula is C17H24O4. The fourth-order valence-corrected chi connectivity index (χ4v) is 3.18. The van der Waals surface area contributed by atoms with Crippen LogP contribution in [-0.4, -0.2) is 42.7 Å². The quantitative estimate of drug-likeness (QED) is 0.925. The molecule has 1 spiro atoms. The Bertz CT molecular complexity index is 448. The molecule has 0 saturated carbocycles. The molecule has 1 aromatic carbocycles. The summed E-state index contributed by atoms with van der Waals surface area (Å²) >= 11 is 0. The highest BCUT2D eigenvalue weighted by molar-refractivity contribution is 5.28. The van der Waals surface area contributed by atoms with Crippen molar-refractivity contribution in [2.45, 2.75) is 50.4 Å². The number of rotatable bonds is 4. The van der Waals surface area contributed by atoms with Gasteiger partial charge in [0.15, 0.2) is 0 Å². The minimum absolute atomic E-state index is 0.116. The van der Waals surface area contributed by atoms with E-state index in [4.69, 9.17) is 14.2 Å². The van der Waals surface area contributed by atoms with Gasteiger partial charge in [-0.25, -0.2) is 0 Å². The van der Waals surface area contributed by atoms with Crippen molar-refractivity contribution in [3.05, 3.63) is 29.8 Å². The highest BCUT2D eigenvalue weighted by Gasteiger charge is 2.41. The molecule has 0 amide bonds. The van der Waals surface area contributed by atoms with Gasteiger partial charge in [0.2, 0.25) is 0 Å². The third kappa shape index (κ3) is 3.76. The van der Waals surface area contributed by atoms with Crippen LogP contribution in [0.15, 0.2) is 24.3 Å². The third-order valence-corrected chi connectivity index (χ3v) is 4.27. The number of aliphatic hydroxyl groups excluding tert-OH is 1. The summed E-state index contributed by atoms with van der Waals surface area (Å²) in [7, 11) is 0. The zero-order valence-corrected chi connectivity index (χ0v) is 12.6. The van der Waals surface area contributed by atoms with Gasteiger partial charge in [-0.05, 0) is 31.0 Å². The standard InChI is InChI=1S/C17H24O4/c1-13(18)10-14-2-4-15(5-3-14)21-16-6-8-20-17(11-16)7-9-19-12-17/h2-5,13,16,18H,6-12H2,1H3. The van der Waals surface area contributed by atoms with Crippen LogP contribution >= 0.6 is 0 Å². The molecule has 2 fully saturated rings. The Hall–Kier alpha value is -1.10. The minimum Gasteiger partial charge on any atom is -0.490 e. The summed E-state index contributed by atoms with van der Waals surface area (Å²) in [4.78, 5) is 0. The number of aliphatic hydroxyl groups is 1. The molecule has 1 aromatic rings. The molecule has 4 heteroatoms. The second kappa shape index (κ2) is 6.34. The van der Waals surface area contributed by atoms with Crippen molar-refractivity contribution in [1.29, 1.82) is 0 Å². The van der Waals surface area contributed by atoms with Crippen LogP contribution in [0.1, 0.15) is 31.7 Å². The molecule has 3 rings (SSSR count). The molecule has 2 aliphatic heterocycles. The van der Waals surface area contributed by atoms with E-state index in [9.17, 15) is 5.11 Å². The first kappa shape index (κ1) is 14.8. The van der Waals surface area contributed by atoms with Gasteiger partial charge in [-0.1, -0.05) is 12.1 Å². The summed E-state index contributed by atoms with van der Waals surface area (Å²) in [5.41, 5.74) is 1.01. The summed E-state index contributed by atoms with van der Waals surface area (Å²) < 4.78 is 17.5. The molecule has 0 aliphatic carbocycles. The monoisotopic (exact) mass is 292 g/mol. The van der Waals surface area contributed by atoms with Crippen LogP contribution in [0.25, 0.3) is 0 Å². The van der Waals surface area contributed by atoms with Gasteiger partial charge < -0.3 is 19.3 Å². The average molecular weight is 292 g/mol. The van der Waals surface area contributed by atoms with E-state index in [1.165, 1.54) is 0 Å². The summed E-state index contributed by atoms with van der Waals surface area (Å²) in [6, 6.07) is 8.03. The zero-order valence-electron chi connectivity index (χ0n) is 12.6. The maximum Gasteiger partial charge on any atom is 0.119 e. The molecule has 3 atom stereocenters. The summed E-state index contributed by atoms with van der Waals surface area (Å²) in [5.74, 6) is 0.894. The summed E-state index contributed by atoms with van der Waals surface area (Å²) in [6.45, 7) is 4.03. The SMILES string of the molecule is CC(O)Cc1ccc(OC2CCOC3(CCOC3)C2)cc1. The smallest absolute Gasteiger partial charge is 0.119 e. The van der Waals surface area contributed by atoms with Crippen molar-refractivity contribution in [3.8, 4) is 5.75 Å². The van der Waals surface area contributed by atoms with Gasteiger partial charge in [0.1, 0.15) is 11.9 Å². The zero-order chi connectivity index (χ0) is 14.7. The van der Waals surface area contributed by atoms with Gasteiger partial charge in [-0.3, -0.25) is 0 Å². The van der Waals surface area contributed by atoms with Crippen molar-refractivity contribution in [3.63, 3.8) is 0 Å². The van der Waals surface area contributed by atoms with E-state index in [0.29, 0.717) is 13.0 Å². The first-order valence-corrected chi connectivity index (χ1v) is 7.81. The molecule has 1 N–H and O–H groups in total. The average Bonchev–Trinajstić information content (AvgIpc) is 2.88. The van der Waals surface area contributed by atoms with E-state index in [-0.39, 0.29) is 17.8 Å². The maximum atomic E-state index is 9.40. The predicted molar refractivity (Wildman–Crippen MR) is 79.6 cm³/mol. The van der Waals surface area contributed by atoms with E-state index in [1.807, 2.05) is 24.3 Å². The molecule has 0 bridgehead atoms. The van der Waals surface area contributed by atoms with Crippen LogP contribution in [0.5, 0.6) is 5.75 Å². The Morgan fingerprint density at radius 3 is 2.81 bits per heavy atom. The topological polar surface area (TPSA) is 47.9 Å². The van der Waals surface area contributed by atoms with E-state index in [2.05, 4.69) is 0 Å². The second-order valence-electron chi connectivity index (χ2n) is 6.26. The lowest BCUT2D eigenvalue weighted by Gasteiger charge is -2.37. The van der Waals surface area contributed by atoms with Gasteiger partial charge in [0.05, 0.1) is 24.9 Å². The van der Waals surface area contributed by atoms with Crippen molar-refractivity contribution < 1.29 is 19.3 Å². The van der Waals surface area contributed by atoms with E-state index < -0.39 is 0 Å². The number of hydrogen-bond donors (Lipinski definition) is 1. The lowest BCUT2D eigenvalue weighted by Crippen LogP contribution is -2.44. The summed E-state index contributed by atoms with van der Waals surface area (Å²) in [5, 5.41) is 9.40. The Morgan fingerprint density at radius 1 is 1.33 bits per heavy atom. The van der Waals surface area contributed by atoms with Crippen molar-refractivity contribution in [1.82, 2.24) is 0 Å². The molecule has 3 unspecified atom stereocenters. The van der Waals surface area contributed by atoms with Crippen LogP contribution in [0.4, 0.5) is 0 Å². The van der Waals surface area contributed by atoms with Gasteiger partial charge in [-0.15, -0.1) is 0 Å². The van der Waals surface area contributed by atoms with E-state index in [1.54, 1.807) is 6.92 Å². The molecule has 21 heavy (non-hydrogen) atoms. The first-order valence-electron chi connectivity index (χ1n) is 7.81. The normalized spacial score (nSPS) is 30.5. The predicted octanol–water partition coefficient (Wildman–Crippen LogP) is 2.33.